The zero-order valence-electron chi connectivity index (χ0n) is 11.4. The molecule has 1 aliphatic heterocycles. The minimum Gasteiger partial charge on any atom is -0.311 e. The number of benzene rings is 1. The van der Waals surface area contributed by atoms with E-state index in [1.54, 1.807) is 0 Å². The molecule has 1 atom stereocenters. The second-order valence-electron chi connectivity index (χ2n) is 5.20. The van der Waals surface area contributed by atoms with Gasteiger partial charge in [-0.15, -0.1) is 0 Å². The molecule has 1 aromatic carbocycles. The highest BCUT2D eigenvalue weighted by atomic mass is 19.4. The van der Waals surface area contributed by atoms with E-state index in [9.17, 15) is 18.0 Å². The predicted molar refractivity (Wildman–Crippen MR) is 70.5 cm³/mol. The quantitative estimate of drug-likeness (QED) is 0.926. The lowest BCUT2D eigenvalue weighted by molar-refractivity contribution is -0.137. The molecule has 1 aromatic rings. The lowest BCUT2D eigenvalue weighted by Crippen LogP contribution is -2.41. The number of hydrogen-bond acceptors (Lipinski definition) is 2. The van der Waals surface area contributed by atoms with E-state index in [1.165, 1.54) is 17.0 Å². The molecule has 0 spiro atoms. The van der Waals surface area contributed by atoms with E-state index in [1.807, 2.05) is 13.8 Å². The minimum atomic E-state index is -4.35. The van der Waals surface area contributed by atoms with Crippen molar-refractivity contribution in [3.05, 3.63) is 29.8 Å². The smallest absolute Gasteiger partial charge is 0.311 e. The molecule has 0 saturated carbocycles. The van der Waals surface area contributed by atoms with Crippen molar-refractivity contribution < 1.29 is 18.0 Å². The predicted octanol–water partition coefficient (Wildman–Crippen LogP) is 2.81. The average Bonchev–Trinajstić information content (AvgIpc) is 2.69. The molecule has 6 heteroatoms. The maximum Gasteiger partial charge on any atom is 0.416 e. The van der Waals surface area contributed by atoms with Crippen LogP contribution in [0.2, 0.25) is 0 Å². The van der Waals surface area contributed by atoms with Crippen LogP contribution < -0.4 is 10.2 Å². The molecule has 0 bridgehead atoms. The molecule has 0 aliphatic carbocycles. The van der Waals surface area contributed by atoms with Gasteiger partial charge in [-0.05, 0) is 30.7 Å². The normalized spacial score (nSPS) is 20.0. The number of alkyl halides is 3. The molecular weight excluding hydrogens is 269 g/mol. The Labute approximate surface area is 115 Å². The zero-order chi connectivity index (χ0) is 14.9. The first-order chi connectivity index (χ1) is 9.29. The molecule has 2 rings (SSSR count). The van der Waals surface area contributed by atoms with Crippen molar-refractivity contribution in [3.8, 4) is 0 Å². The molecule has 110 valence electrons. The molecule has 1 fully saturated rings. The molecule has 1 aliphatic rings. The molecule has 1 amide bonds. The third-order valence-electron chi connectivity index (χ3n) is 3.25. The highest BCUT2D eigenvalue weighted by molar-refractivity contribution is 5.99. The molecule has 0 radical (unpaired) electrons. The summed E-state index contributed by atoms with van der Waals surface area (Å²) in [6.45, 7) is 4.43. The van der Waals surface area contributed by atoms with Crippen molar-refractivity contribution in [1.29, 1.82) is 0 Å². The summed E-state index contributed by atoms with van der Waals surface area (Å²) in [7, 11) is 0. The maximum atomic E-state index is 12.5. The lowest BCUT2D eigenvalue weighted by atomic mass is 10.2. The number of rotatable bonds is 3. The fourth-order valence-electron chi connectivity index (χ4n) is 2.32. The van der Waals surface area contributed by atoms with Gasteiger partial charge in [-0.1, -0.05) is 13.8 Å². The van der Waals surface area contributed by atoms with Crippen LogP contribution in [-0.4, -0.2) is 24.5 Å². The Bertz CT molecular complexity index is 482. The van der Waals surface area contributed by atoms with E-state index in [0.29, 0.717) is 18.7 Å². The molecular formula is C14H17F3N2O. The van der Waals surface area contributed by atoms with E-state index in [-0.39, 0.29) is 18.0 Å². The molecule has 1 heterocycles. The summed E-state index contributed by atoms with van der Waals surface area (Å²) in [5.74, 6) is -0.0848. The summed E-state index contributed by atoms with van der Waals surface area (Å²) in [6.07, 6.45) is -3.69. The number of nitrogens with zero attached hydrogens (tertiary/aromatic N) is 1. The summed E-state index contributed by atoms with van der Waals surface area (Å²) in [5.41, 5.74) is -0.194. The Morgan fingerprint density at radius 2 is 1.85 bits per heavy atom. The third kappa shape index (κ3) is 3.12. The van der Waals surface area contributed by atoms with Gasteiger partial charge in [0, 0.05) is 18.3 Å². The number of amides is 1. The van der Waals surface area contributed by atoms with Gasteiger partial charge in [0.25, 0.3) is 0 Å². The molecule has 1 N–H and O–H groups in total. The fourth-order valence-corrected chi connectivity index (χ4v) is 2.32. The van der Waals surface area contributed by atoms with Crippen molar-refractivity contribution in [2.75, 3.05) is 11.4 Å². The summed E-state index contributed by atoms with van der Waals surface area (Å²) < 4.78 is 37.5. The van der Waals surface area contributed by atoms with Gasteiger partial charge in [-0.25, -0.2) is 0 Å². The SMILES string of the molecule is CC(C)NC1CCN(c2ccc(C(F)(F)F)cc2)C1=O. The number of nitrogens with one attached hydrogen (secondary N) is 1. The van der Waals surface area contributed by atoms with Gasteiger partial charge in [0.15, 0.2) is 0 Å². The van der Waals surface area contributed by atoms with Crippen molar-refractivity contribution >= 4 is 11.6 Å². The highest BCUT2D eigenvalue weighted by Gasteiger charge is 2.34. The van der Waals surface area contributed by atoms with Crippen LogP contribution in [0.1, 0.15) is 25.8 Å². The van der Waals surface area contributed by atoms with Crippen molar-refractivity contribution in [2.24, 2.45) is 0 Å². The third-order valence-corrected chi connectivity index (χ3v) is 3.25. The highest BCUT2D eigenvalue weighted by Crippen LogP contribution is 2.31. The van der Waals surface area contributed by atoms with Crippen LogP contribution in [0.25, 0.3) is 0 Å². The standard InChI is InChI=1S/C14H17F3N2O/c1-9(2)18-12-7-8-19(13(12)20)11-5-3-10(4-6-11)14(15,16)17/h3-6,9,12,18H,7-8H2,1-2H3. The Morgan fingerprint density at radius 3 is 2.35 bits per heavy atom. The largest absolute Gasteiger partial charge is 0.416 e. The van der Waals surface area contributed by atoms with Gasteiger partial charge < -0.3 is 10.2 Å². The molecule has 20 heavy (non-hydrogen) atoms. The van der Waals surface area contributed by atoms with Crippen LogP contribution >= 0.6 is 0 Å². The Kier molecular flexibility index (Phi) is 4.04. The number of carbonyl (C=O) groups is 1. The lowest BCUT2D eigenvalue weighted by Gasteiger charge is -2.19. The van der Waals surface area contributed by atoms with Crippen LogP contribution in [0.3, 0.4) is 0 Å². The summed E-state index contributed by atoms with van der Waals surface area (Å²) >= 11 is 0. The van der Waals surface area contributed by atoms with Crippen LogP contribution in [-0.2, 0) is 11.0 Å². The first-order valence-corrected chi connectivity index (χ1v) is 6.53. The second-order valence-corrected chi connectivity index (χ2v) is 5.20. The van der Waals surface area contributed by atoms with E-state index in [0.717, 1.165) is 12.1 Å². The maximum absolute atomic E-state index is 12.5. The van der Waals surface area contributed by atoms with Gasteiger partial charge in [0.1, 0.15) is 0 Å². The average molecular weight is 286 g/mol. The van der Waals surface area contributed by atoms with E-state index >= 15 is 0 Å². The van der Waals surface area contributed by atoms with Crippen molar-refractivity contribution in [3.63, 3.8) is 0 Å². The van der Waals surface area contributed by atoms with Gasteiger partial charge in [0.05, 0.1) is 11.6 Å². The van der Waals surface area contributed by atoms with E-state index < -0.39 is 11.7 Å². The second kappa shape index (κ2) is 5.44. The van der Waals surface area contributed by atoms with Gasteiger partial charge in [0.2, 0.25) is 5.91 Å². The Hall–Kier alpha value is -1.56. The van der Waals surface area contributed by atoms with Gasteiger partial charge in [-0.2, -0.15) is 13.2 Å². The number of carbonyl (C=O) groups excluding carboxylic acids is 1. The topological polar surface area (TPSA) is 32.3 Å². The first kappa shape index (κ1) is 14.8. The molecule has 1 unspecified atom stereocenters. The van der Waals surface area contributed by atoms with Gasteiger partial charge in [-0.3, -0.25) is 4.79 Å². The van der Waals surface area contributed by atoms with E-state index in [4.69, 9.17) is 0 Å². The summed E-state index contributed by atoms with van der Waals surface area (Å²) in [6, 6.07) is 4.64. The minimum absolute atomic E-state index is 0.0848. The van der Waals surface area contributed by atoms with Crippen LogP contribution in [0.4, 0.5) is 18.9 Å². The molecule has 3 nitrogen and oxygen atoms in total. The number of hydrogen-bond donors (Lipinski definition) is 1. The van der Waals surface area contributed by atoms with Crippen LogP contribution in [0.15, 0.2) is 24.3 Å². The number of anilines is 1. The van der Waals surface area contributed by atoms with Crippen LogP contribution in [0.5, 0.6) is 0 Å². The summed E-state index contributed by atoms with van der Waals surface area (Å²) in [4.78, 5) is 13.7. The molecule has 1 saturated heterocycles. The van der Waals surface area contributed by atoms with Gasteiger partial charge >= 0.3 is 6.18 Å². The number of halogens is 3. The van der Waals surface area contributed by atoms with E-state index in [2.05, 4.69) is 5.32 Å². The fraction of sp³-hybridized carbons (Fsp3) is 0.500. The first-order valence-electron chi connectivity index (χ1n) is 6.53. The van der Waals surface area contributed by atoms with Crippen molar-refractivity contribution in [1.82, 2.24) is 5.32 Å². The monoisotopic (exact) mass is 286 g/mol. The summed E-state index contributed by atoms with van der Waals surface area (Å²) in [5, 5.41) is 3.16. The molecule has 0 aromatic heterocycles. The zero-order valence-corrected chi connectivity index (χ0v) is 11.4. The van der Waals surface area contributed by atoms with Crippen molar-refractivity contribution in [2.45, 2.75) is 38.5 Å². The van der Waals surface area contributed by atoms with Crippen LogP contribution in [0, 0.1) is 0 Å². The Balaban J connectivity index is 2.11. The Morgan fingerprint density at radius 1 is 1.25 bits per heavy atom.